The highest BCUT2D eigenvalue weighted by molar-refractivity contribution is 9.10. The maximum absolute atomic E-state index is 9.90. The van der Waals surface area contributed by atoms with Crippen LogP contribution in [0.2, 0.25) is 0 Å². The fourth-order valence-corrected chi connectivity index (χ4v) is 3.72. The molecule has 0 aliphatic heterocycles. The van der Waals surface area contributed by atoms with Crippen molar-refractivity contribution in [3.63, 3.8) is 0 Å². The number of phenols is 1. The summed E-state index contributed by atoms with van der Waals surface area (Å²) in [4.78, 5) is 3.48. The topological polar surface area (TPSA) is 32.7 Å². The quantitative estimate of drug-likeness (QED) is 0.783. The number of para-hydroxylation sites is 1. The van der Waals surface area contributed by atoms with Crippen LogP contribution in [0.4, 0.5) is 0 Å². The van der Waals surface area contributed by atoms with Gasteiger partial charge in [0.15, 0.2) is 0 Å². The molecule has 0 saturated heterocycles. The van der Waals surface area contributed by atoms with E-state index in [1.54, 1.807) is 24.5 Å². The molecule has 2 aromatic rings. The van der Waals surface area contributed by atoms with Gasteiger partial charge in [-0.25, -0.2) is 0 Å². The second-order valence-electron chi connectivity index (χ2n) is 4.85. The highest BCUT2D eigenvalue weighted by atomic mass is 79.9. The fourth-order valence-electron chi connectivity index (χ4n) is 2.20. The number of rotatable bonds is 7. The normalized spacial score (nSPS) is 12.8. The van der Waals surface area contributed by atoms with Gasteiger partial charge in [-0.3, -0.25) is 4.90 Å². The van der Waals surface area contributed by atoms with Gasteiger partial charge in [0.25, 0.3) is 0 Å². The van der Waals surface area contributed by atoms with Crippen LogP contribution in [0.3, 0.4) is 0 Å². The largest absolute Gasteiger partial charge is 0.508 e. The van der Waals surface area contributed by atoms with Gasteiger partial charge >= 0.3 is 0 Å². The number of benzene rings is 1. The van der Waals surface area contributed by atoms with Gasteiger partial charge in [-0.1, -0.05) is 25.1 Å². The molecule has 0 spiro atoms. The van der Waals surface area contributed by atoms with Crippen molar-refractivity contribution in [1.82, 2.24) is 4.90 Å². The minimum atomic E-state index is 0.0482. The van der Waals surface area contributed by atoms with Crippen molar-refractivity contribution in [2.45, 2.75) is 19.6 Å². The summed E-state index contributed by atoms with van der Waals surface area (Å²) < 4.78 is 6.73. The van der Waals surface area contributed by atoms with Gasteiger partial charge in [0.1, 0.15) is 11.9 Å². The Kier molecular flexibility index (Phi) is 6.23. The predicted molar refractivity (Wildman–Crippen MR) is 90.8 cm³/mol. The minimum absolute atomic E-state index is 0.0482. The molecule has 0 fully saturated rings. The van der Waals surface area contributed by atoms with E-state index in [2.05, 4.69) is 39.2 Å². The molecule has 1 N–H and O–H groups in total. The molecular formula is C16H20BrNO2S. The smallest absolute Gasteiger partial charge is 0.120 e. The second-order valence-corrected chi connectivity index (χ2v) is 6.71. The van der Waals surface area contributed by atoms with Crippen LogP contribution in [0.1, 0.15) is 23.5 Å². The fraction of sp³-hybridized carbons (Fsp3) is 0.375. The minimum Gasteiger partial charge on any atom is -0.508 e. The Morgan fingerprint density at radius 2 is 2.14 bits per heavy atom. The van der Waals surface area contributed by atoms with E-state index < -0.39 is 0 Å². The zero-order valence-electron chi connectivity index (χ0n) is 12.3. The molecular weight excluding hydrogens is 350 g/mol. The summed E-state index contributed by atoms with van der Waals surface area (Å²) in [5, 5.41) is 12.0. The molecule has 21 heavy (non-hydrogen) atoms. The number of hydrogen-bond donors (Lipinski definition) is 1. The van der Waals surface area contributed by atoms with Crippen LogP contribution in [0, 0.1) is 0 Å². The van der Waals surface area contributed by atoms with Gasteiger partial charge in [-0.2, -0.15) is 0 Å². The number of hydrogen-bond acceptors (Lipinski definition) is 4. The van der Waals surface area contributed by atoms with Crippen molar-refractivity contribution in [3.8, 4) is 5.75 Å². The third-order valence-corrected chi connectivity index (χ3v) is 5.23. The molecule has 0 aliphatic carbocycles. The summed E-state index contributed by atoms with van der Waals surface area (Å²) >= 11 is 5.18. The lowest BCUT2D eigenvalue weighted by molar-refractivity contribution is 0.0649. The second kappa shape index (κ2) is 7.94. The molecule has 5 heteroatoms. The SMILES string of the molecule is CCN(Cc1ccccc1O)CC(OC)c1cc(Br)cs1. The average Bonchev–Trinajstić information content (AvgIpc) is 2.91. The van der Waals surface area contributed by atoms with Crippen molar-refractivity contribution in [3.05, 3.63) is 50.6 Å². The Morgan fingerprint density at radius 3 is 2.71 bits per heavy atom. The summed E-state index contributed by atoms with van der Waals surface area (Å²) in [6, 6.07) is 9.59. The molecule has 3 nitrogen and oxygen atoms in total. The van der Waals surface area contributed by atoms with Gasteiger partial charge in [0.2, 0.25) is 0 Å². The average molecular weight is 370 g/mol. The van der Waals surface area contributed by atoms with Crippen LogP contribution < -0.4 is 0 Å². The van der Waals surface area contributed by atoms with Crippen molar-refractivity contribution in [1.29, 1.82) is 0 Å². The number of aromatic hydroxyl groups is 1. The van der Waals surface area contributed by atoms with Gasteiger partial charge in [-0.15, -0.1) is 11.3 Å². The third kappa shape index (κ3) is 4.54. The summed E-state index contributed by atoms with van der Waals surface area (Å²) in [6.07, 6.45) is 0.0482. The zero-order chi connectivity index (χ0) is 15.2. The number of likely N-dealkylation sites (N-methyl/N-ethyl adjacent to an activating group) is 1. The Labute approximate surface area is 138 Å². The van der Waals surface area contributed by atoms with E-state index in [4.69, 9.17) is 4.74 Å². The highest BCUT2D eigenvalue weighted by Gasteiger charge is 2.17. The van der Waals surface area contributed by atoms with Gasteiger partial charge in [0, 0.05) is 40.5 Å². The molecule has 0 saturated carbocycles. The van der Waals surface area contributed by atoms with Crippen molar-refractivity contribution in [2.24, 2.45) is 0 Å². The summed E-state index contributed by atoms with van der Waals surface area (Å²) in [6.45, 7) is 4.54. The summed E-state index contributed by atoms with van der Waals surface area (Å²) in [5.41, 5.74) is 0.946. The molecule has 114 valence electrons. The lowest BCUT2D eigenvalue weighted by atomic mass is 10.1. The van der Waals surface area contributed by atoms with Gasteiger partial charge < -0.3 is 9.84 Å². The zero-order valence-corrected chi connectivity index (χ0v) is 14.7. The Hall–Kier alpha value is -0.880. The van der Waals surface area contributed by atoms with E-state index in [1.165, 1.54) is 4.88 Å². The van der Waals surface area contributed by atoms with E-state index in [0.717, 1.165) is 29.7 Å². The third-order valence-electron chi connectivity index (χ3n) is 3.45. The van der Waals surface area contributed by atoms with Crippen molar-refractivity contribution >= 4 is 27.3 Å². The molecule has 0 aliphatic rings. The van der Waals surface area contributed by atoms with Gasteiger partial charge in [0.05, 0.1) is 0 Å². The van der Waals surface area contributed by atoms with Crippen LogP contribution in [0.25, 0.3) is 0 Å². The molecule has 0 amide bonds. The maximum Gasteiger partial charge on any atom is 0.120 e. The standard InChI is InChI=1S/C16H20BrNO2S/c1-3-18(9-12-6-4-5-7-14(12)19)10-15(20-2)16-8-13(17)11-21-16/h4-8,11,15,19H,3,9-10H2,1-2H3. The predicted octanol–water partition coefficient (Wildman–Crippen LogP) is 4.43. The molecule has 1 atom stereocenters. The van der Waals surface area contributed by atoms with Crippen LogP contribution in [-0.4, -0.2) is 30.2 Å². The van der Waals surface area contributed by atoms with E-state index in [-0.39, 0.29) is 6.10 Å². The van der Waals surface area contributed by atoms with Crippen LogP contribution in [-0.2, 0) is 11.3 Å². The lowest BCUT2D eigenvalue weighted by Crippen LogP contribution is -2.28. The summed E-state index contributed by atoms with van der Waals surface area (Å²) in [5.74, 6) is 0.351. The number of thiophene rings is 1. The van der Waals surface area contributed by atoms with Crippen LogP contribution in [0.15, 0.2) is 40.2 Å². The number of ether oxygens (including phenoxy) is 1. The Balaban J connectivity index is 2.05. The van der Waals surface area contributed by atoms with E-state index >= 15 is 0 Å². The first-order chi connectivity index (χ1) is 10.1. The number of phenolic OH excluding ortho intramolecular Hbond substituents is 1. The number of halogens is 1. The summed E-state index contributed by atoms with van der Waals surface area (Å²) in [7, 11) is 1.74. The highest BCUT2D eigenvalue weighted by Crippen LogP contribution is 2.29. The van der Waals surface area contributed by atoms with Crippen molar-refractivity contribution in [2.75, 3.05) is 20.2 Å². The molecule has 1 aromatic heterocycles. The molecule has 1 aromatic carbocycles. The Morgan fingerprint density at radius 1 is 1.38 bits per heavy atom. The monoisotopic (exact) mass is 369 g/mol. The van der Waals surface area contributed by atoms with Crippen LogP contribution in [0.5, 0.6) is 5.75 Å². The first-order valence-electron chi connectivity index (χ1n) is 6.90. The first kappa shape index (κ1) is 16.5. The maximum atomic E-state index is 9.90. The Bertz CT molecular complexity index is 573. The lowest BCUT2D eigenvalue weighted by Gasteiger charge is -2.25. The van der Waals surface area contributed by atoms with Crippen LogP contribution >= 0.6 is 27.3 Å². The number of nitrogens with zero attached hydrogens (tertiary/aromatic N) is 1. The van der Waals surface area contributed by atoms with E-state index in [1.807, 2.05) is 18.2 Å². The molecule has 0 radical (unpaired) electrons. The number of methoxy groups -OCH3 is 1. The van der Waals surface area contributed by atoms with E-state index in [0.29, 0.717) is 5.75 Å². The molecule has 1 heterocycles. The van der Waals surface area contributed by atoms with Crippen molar-refractivity contribution < 1.29 is 9.84 Å². The molecule has 1 unspecified atom stereocenters. The van der Waals surface area contributed by atoms with E-state index in [9.17, 15) is 5.11 Å². The van der Waals surface area contributed by atoms with Gasteiger partial charge in [-0.05, 0) is 34.6 Å². The first-order valence-corrected chi connectivity index (χ1v) is 8.57. The molecule has 0 bridgehead atoms. The molecule has 2 rings (SSSR count).